The highest BCUT2D eigenvalue weighted by atomic mass is 28.3. The smallest absolute Gasteiger partial charge is 0.210 e. The summed E-state index contributed by atoms with van der Waals surface area (Å²) in [6, 6.07) is 9.71. The van der Waals surface area contributed by atoms with Crippen LogP contribution >= 0.6 is 0 Å². The number of aliphatic imine (C=N–C) groups is 2. The van der Waals surface area contributed by atoms with Crippen LogP contribution in [0.2, 0.25) is 18.1 Å². The van der Waals surface area contributed by atoms with E-state index in [-0.39, 0.29) is 18.0 Å². The van der Waals surface area contributed by atoms with Crippen LogP contribution in [0, 0.1) is 5.92 Å². The number of hydrogen-bond donors (Lipinski definition) is 1. The standard InChI is InChI=1S/C27H43N3O3Si/c1-9-32-26-23(29-27(33-10-2)24(30-26)18(6)7)17-22-25(34(11-3,12-4)13-5)20-16-19(31-8)14-15-21(20)28-22/h14-16,18,23-24,28H,9-13,17H2,1-8H3/t23-,24+/m1/s1. The fourth-order valence-electron chi connectivity index (χ4n) is 5.27. The summed E-state index contributed by atoms with van der Waals surface area (Å²) in [7, 11) is 0.0148. The van der Waals surface area contributed by atoms with Gasteiger partial charge in [-0.25, -0.2) is 9.98 Å². The molecule has 1 aromatic carbocycles. The second-order valence-electron chi connectivity index (χ2n) is 9.44. The predicted molar refractivity (Wildman–Crippen MR) is 146 cm³/mol. The molecule has 0 amide bonds. The second-order valence-corrected chi connectivity index (χ2v) is 14.6. The number of fused-ring (bicyclic) bond motifs is 1. The zero-order valence-corrected chi connectivity index (χ0v) is 23.3. The molecule has 0 saturated carbocycles. The lowest BCUT2D eigenvalue weighted by molar-refractivity contribution is 0.275. The van der Waals surface area contributed by atoms with E-state index in [4.69, 9.17) is 24.2 Å². The van der Waals surface area contributed by atoms with Gasteiger partial charge in [-0.1, -0.05) is 52.8 Å². The van der Waals surface area contributed by atoms with Crippen LogP contribution in [-0.2, 0) is 15.9 Å². The van der Waals surface area contributed by atoms with Crippen LogP contribution in [0.4, 0.5) is 0 Å². The summed E-state index contributed by atoms with van der Waals surface area (Å²) < 4.78 is 17.6. The molecule has 1 aromatic heterocycles. The van der Waals surface area contributed by atoms with E-state index in [1.165, 1.54) is 34.4 Å². The molecule has 0 bridgehead atoms. The Kier molecular flexibility index (Phi) is 8.85. The molecule has 1 aliphatic heterocycles. The van der Waals surface area contributed by atoms with Crippen LogP contribution in [0.15, 0.2) is 28.2 Å². The summed E-state index contributed by atoms with van der Waals surface area (Å²) in [4.78, 5) is 13.9. The number of nitrogens with zero attached hydrogens (tertiary/aromatic N) is 2. The van der Waals surface area contributed by atoms with E-state index in [0.29, 0.717) is 13.2 Å². The van der Waals surface area contributed by atoms with Crippen molar-refractivity contribution in [2.75, 3.05) is 20.3 Å². The summed E-state index contributed by atoms with van der Waals surface area (Å²) in [5, 5.41) is 2.82. The number of hydrogen-bond acceptors (Lipinski definition) is 5. The third-order valence-corrected chi connectivity index (χ3v) is 13.0. The Bertz CT molecular complexity index is 1020. The van der Waals surface area contributed by atoms with E-state index < -0.39 is 8.07 Å². The van der Waals surface area contributed by atoms with Gasteiger partial charge in [0.2, 0.25) is 11.8 Å². The first-order valence-electron chi connectivity index (χ1n) is 13.0. The molecule has 0 unspecified atom stereocenters. The average Bonchev–Trinajstić information content (AvgIpc) is 3.20. The van der Waals surface area contributed by atoms with E-state index in [2.05, 4.69) is 51.7 Å². The molecule has 0 saturated heterocycles. The van der Waals surface area contributed by atoms with Crippen molar-refractivity contribution in [3.05, 3.63) is 23.9 Å². The minimum Gasteiger partial charge on any atom is -0.497 e. The van der Waals surface area contributed by atoms with Crippen molar-refractivity contribution < 1.29 is 14.2 Å². The first kappa shape index (κ1) is 26.3. The van der Waals surface area contributed by atoms with E-state index in [0.717, 1.165) is 29.5 Å². The van der Waals surface area contributed by atoms with Crippen LogP contribution in [0.3, 0.4) is 0 Å². The SMILES string of the molecule is CCOC1=N[C@H](Cc2[nH]c3ccc(OC)cc3c2[Si](CC)(CC)CC)C(OCC)=N[C@H]1C(C)C. The lowest BCUT2D eigenvalue weighted by Crippen LogP contribution is -2.48. The van der Waals surface area contributed by atoms with Crippen LogP contribution in [-0.4, -0.2) is 57.3 Å². The largest absolute Gasteiger partial charge is 0.497 e. The molecule has 2 heterocycles. The maximum absolute atomic E-state index is 6.05. The number of benzene rings is 1. The highest BCUT2D eigenvalue weighted by molar-refractivity contribution is 6.93. The topological polar surface area (TPSA) is 68.2 Å². The minimum atomic E-state index is -1.72. The molecule has 0 aliphatic carbocycles. The van der Waals surface area contributed by atoms with E-state index in [9.17, 15) is 0 Å². The molecule has 34 heavy (non-hydrogen) atoms. The number of aromatic amines is 1. The van der Waals surface area contributed by atoms with Crippen molar-refractivity contribution in [3.63, 3.8) is 0 Å². The highest BCUT2D eigenvalue weighted by Gasteiger charge is 2.37. The van der Waals surface area contributed by atoms with Crippen molar-refractivity contribution in [2.45, 2.75) is 85.1 Å². The molecule has 3 rings (SSSR count). The fourth-order valence-corrected chi connectivity index (χ4v) is 9.41. The maximum Gasteiger partial charge on any atom is 0.210 e. The molecule has 1 N–H and O–H groups in total. The van der Waals surface area contributed by atoms with Gasteiger partial charge in [-0.05, 0) is 43.2 Å². The molecule has 0 radical (unpaired) electrons. The number of H-pyrrole nitrogens is 1. The molecule has 0 spiro atoms. The molecule has 188 valence electrons. The van der Waals surface area contributed by atoms with Gasteiger partial charge in [0.05, 0.1) is 28.4 Å². The third kappa shape index (κ3) is 5.04. The van der Waals surface area contributed by atoms with Crippen LogP contribution in [0.25, 0.3) is 10.9 Å². The summed E-state index contributed by atoms with van der Waals surface area (Å²) >= 11 is 0. The van der Waals surface area contributed by atoms with E-state index >= 15 is 0 Å². The number of methoxy groups -OCH3 is 1. The molecular formula is C27H43N3O3Si. The Labute approximate surface area is 206 Å². The molecular weight excluding hydrogens is 442 g/mol. The second kappa shape index (κ2) is 11.4. The Morgan fingerprint density at radius 2 is 1.59 bits per heavy atom. The lowest BCUT2D eigenvalue weighted by atomic mass is 10.0. The molecule has 0 fully saturated rings. The Morgan fingerprint density at radius 3 is 2.15 bits per heavy atom. The highest BCUT2D eigenvalue weighted by Crippen LogP contribution is 2.30. The quantitative estimate of drug-likeness (QED) is 0.438. The predicted octanol–water partition coefficient (Wildman–Crippen LogP) is 5.71. The van der Waals surface area contributed by atoms with Gasteiger partial charge >= 0.3 is 0 Å². The van der Waals surface area contributed by atoms with Crippen molar-refractivity contribution in [1.82, 2.24) is 4.98 Å². The van der Waals surface area contributed by atoms with Gasteiger partial charge in [0, 0.05) is 23.0 Å². The number of aromatic nitrogens is 1. The lowest BCUT2D eigenvalue weighted by Gasteiger charge is -2.31. The van der Waals surface area contributed by atoms with E-state index in [1.807, 2.05) is 19.9 Å². The van der Waals surface area contributed by atoms with Crippen molar-refractivity contribution in [3.8, 4) is 5.75 Å². The molecule has 7 heteroatoms. The number of nitrogens with one attached hydrogen (secondary N) is 1. The van der Waals surface area contributed by atoms with E-state index in [1.54, 1.807) is 7.11 Å². The van der Waals surface area contributed by atoms with Gasteiger partial charge in [-0.15, -0.1) is 0 Å². The van der Waals surface area contributed by atoms with Crippen molar-refractivity contribution in [1.29, 1.82) is 0 Å². The maximum atomic E-state index is 6.05. The monoisotopic (exact) mass is 485 g/mol. The third-order valence-electron chi connectivity index (χ3n) is 7.34. The Morgan fingerprint density at radius 1 is 0.941 bits per heavy atom. The van der Waals surface area contributed by atoms with Gasteiger partial charge < -0.3 is 19.2 Å². The summed E-state index contributed by atoms with van der Waals surface area (Å²) in [5.41, 5.74) is 2.43. The van der Waals surface area contributed by atoms with Gasteiger partial charge in [0.15, 0.2) is 0 Å². The molecule has 2 aromatic rings. The molecule has 6 nitrogen and oxygen atoms in total. The normalized spacial score (nSPS) is 18.7. The Hall–Kier alpha value is -2.28. The minimum absolute atomic E-state index is 0.0976. The zero-order valence-electron chi connectivity index (χ0n) is 22.3. The summed E-state index contributed by atoms with van der Waals surface area (Å²) in [5.74, 6) is 2.65. The molecule has 2 atom stereocenters. The zero-order chi connectivity index (χ0) is 24.9. The van der Waals surface area contributed by atoms with Gasteiger partial charge in [0.1, 0.15) is 17.8 Å². The number of rotatable bonds is 10. The summed E-state index contributed by atoms with van der Waals surface area (Å²) in [6.45, 7) is 16.5. The average molecular weight is 486 g/mol. The number of ether oxygens (including phenoxy) is 3. The first-order chi connectivity index (χ1) is 16.4. The van der Waals surface area contributed by atoms with Crippen molar-refractivity contribution >= 4 is 36.0 Å². The van der Waals surface area contributed by atoms with Gasteiger partial charge in [0.25, 0.3) is 0 Å². The van der Waals surface area contributed by atoms with Crippen molar-refractivity contribution in [2.24, 2.45) is 15.9 Å². The summed E-state index contributed by atoms with van der Waals surface area (Å²) in [6.07, 6.45) is 0.724. The molecule has 1 aliphatic rings. The fraction of sp³-hybridized carbons (Fsp3) is 0.630. The van der Waals surface area contributed by atoms with Crippen LogP contribution in [0.1, 0.15) is 54.2 Å². The van der Waals surface area contributed by atoms with Gasteiger partial charge in [-0.2, -0.15) is 0 Å². The van der Waals surface area contributed by atoms with Crippen LogP contribution in [0.5, 0.6) is 5.75 Å². The Balaban J connectivity index is 2.16. The first-order valence-corrected chi connectivity index (χ1v) is 15.6. The van der Waals surface area contributed by atoms with Crippen LogP contribution < -0.4 is 9.92 Å². The van der Waals surface area contributed by atoms with Gasteiger partial charge in [-0.3, -0.25) is 0 Å².